The molecule has 14 nitrogen and oxygen atoms in total. The van der Waals surface area contributed by atoms with Gasteiger partial charge in [0.1, 0.15) is 34.5 Å². The summed E-state index contributed by atoms with van der Waals surface area (Å²) in [4.78, 5) is 61.1. The first-order valence-electron chi connectivity index (χ1n) is 20.1. The predicted molar refractivity (Wildman–Crippen MR) is 210 cm³/mol. The Hall–Kier alpha value is -4.53. The predicted octanol–water partition coefficient (Wildman–Crippen LogP) is 6.66. The molecule has 0 bridgehead atoms. The molecule has 4 amide bonds. The van der Waals surface area contributed by atoms with Gasteiger partial charge in [0.05, 0.1) is 28.9 Å². The number of fused-ring (bicyclic) bond motifs is 5. The van der Waals surface area contributed by atoms with Crippen molar-refractivity contribution in [2.24, 2.45) is 5.92 Å². The van der Waals surface area contributed by atoms with Gasteiger partial charge in [-0.05, 0) is 78.2 Å². The van der Waals surface area contributed by atoms with E-state index in [-0.39, 0.29) is 70.7 Å². The van der Waals surface area contributed by atoms with Gasteiger partial charge in [0.25, 0.3) is 5.91 Å². The van der Waals surface area contributed by atoms with Gasteiger partial charge in [-0.3, -0.25) is 24.0 Å². The normalized spacial score (nSPS) is 28.3. The Morgan fingerprint density at radius 2 is 1.77 bits per heavy atom. The van der Waals surface area contributed by atoms with E-state index in [1.807, 2.05) is 0 Å². The minimum Gasteiger partial charge on any atom is -0.497 e. The Morgan fingerprint density at radius 3 is 2.39 bits per heavy atom. The van der Waals surface area contributed by atoms with Gasteiger partial charge in [-0.15, -0.1) is 0 Å². The molecule has 340 valence electrons. The van der Waals surface area contributed by atoms with Crippen LogP contribution in [0.15, 0.2) is 24.3 Å². The molecular weight excluding hydrogens is 876 g/mol. The fourth-order valence-electron chi connectivity index (χ4n) is 8.86. The van der Waals surface area contributed by atoms with Crippen molar-refractivity contribution in [2.75, 3.05) is 13.7 Å². The third-order valence-electron chi connectivity index (χ3n) is 13.1. The van der Waals surface area contributed by atoms with Crippen LogP contribution in [0.3, 0.4) is 0 Å². The highest BCUT2D eigenvalue weighted by molar-refractivity contribution is 7.91. The summed E-state index contributed by atoms with van der Waals surface area (Å²) >= 11 is 6.36. The summed E-state index contributed by atoms with van der Waals surface area (Å²) in [5.74, 6) is -4.66. The Kier molecular flexibility index (Phi) is 11.2. The number of hydrogen-bond donors (Lipinski definition) is 3. The van der Waals surface area contributed by atoms with E-state index in [4.69, 9.17) is 21.1 Å². The zero-order valence-electron chi connectivity index (χ0n) is 34.1. The number of allylic oxidation sites excluding steroid dienone is 1. The molecule has 62 heavy (non-hydrogen) atoms. The number of carboxylic acid groups (broad SMARTS) is 1. The summed E-state index contributed by atoms with van der Waals surface area (Å²) in [6.07, 6.45) is -8.66. The number of hydrogen-bond acceptors (Lipinski definition) is 9. The van der Waals surface area contributed by atoms with Crippen LogP contribution in [0.1, 0.15) is 96.2 Å². The largest absolute Gasteiger partial charge is 0.497 e. The lowest BCUT2D eigenvalue weighted by atomic mass is 9.87. The standard InChI is InChI=1S/C40H46ClF6N5O9S/c1-35(2,40(45,46)47)52(34(56)57)26-11-9-7-5-6-8-10-21-18-38(21,33(55)50-62(58,59)36(3)14-15-36)49-31(53)27-19-37(20-51(27)32(26)54)13-12-23-24-16-22(60-4)17-25(41)28(24)48-30(29(23)61-37)39(42,43)44/h8,10,16-17,21,26-27H,5-7,9,11-15,18-20H2,1-4H3,(H,49,53)(H,50,55)(H,56,57)/b10-8-/t21-,26+,27+,37-,38-/m1/s1. The molecule has 1 aromatic carbocycles. The average molecular weight is 922 g/mol. The van der Waals surface area contributed by atoms with Gasteiger partial charge in [-0.1, -0.05) is 36.6 Å². The molecule has 5 atom stereocenters. The third-order valence-corrected chi connectivity index (χ3v) is 15.6. The highest BCUT2D eigenvalue weighted by Gasteiger charge is 2.65. The van der Waals surface area contributed by atoms with Gasteiger partial charge in [0.2, 0.25) is 21.8 Å². The summed E-state index contributed by atoms with van der Waals surface area (Å²) in [6.45, 7) is 1.94. The van der Waals surface area contributed by atoms with Crippen molar-refractivity contribution in [3.05, 3.63) is 40.6 Å². The number of rotatable bonds is 6. The van der Waals surface area contributed by atoms with Crippen molar-refractivity contribution >= 4 is 56.3 Å². The maximum absolute atomic E-state index is 14.9. The SMILES string of the molecule is COc1cc(Cl)c2nc(C(F)(F)F)c3c(c2c1)CC[C@]1(C[C@H]2C(=O)N[C@]4(C(=O)NS(=O)(=O)C5(C)CC5)C[C@H]4/C=C\CCCCC[C@H](N(C(=O)O)C(C)(C)C(F)(F)F)C(=O)N2C1)O3. The zero-order chi connectivity index (χ0) is 45.6. The number of methoxy groups -OCH3 is 1. The topological polar surface area (TPSA) is 185 Å². The van der Waals surface area contributed by atoms with E-state index < -0.39 is 116 Å². The van der Waals surface area contributed by atoms with Gasteiger partial charge in [0.15, 0.2) is 11.4 Å². The number of halogens is 7. The van der Waals surface area contributed by atoms with E-state index in [9.17, 15) is 59.0 Å². The van der Waals surface area contributed by atoms with Crippen LogP contribution in [0, 0.1) is 5.92 Å². The maximum Gasteiger partial charge on any atom is 0.437 e. The van der Waals surface area contributed by atoms with E-state index in [1.54, 1.807) is 12.2 Å². The van der Waals surface area contributed by atoms with Crippen molar-refractivity contribution in [3.8, 4) is 11.5 Å². The van der Waals surface area contributed by atoms with Crippen LogP contribution in [0.4, 0.5) is 31.1 Å². The number of sulfonamides is 1. The molecule has 5 aliphatic rings. The monoisotopic (exact) mass is 921 g/mol. The molecule has 1 aromatic heterocycles. The molecular formula is C40H46ClF6N5O9S. The highest BCUT2D eigenvalue weighted by Crippen LogP contribution is 2.51. The number of aromatic nitrogens is 1. The average Bonchev–Trinajstić information content (AvgIpc) is 4.06. The van der Waals surface area contributed by atoms with E-state index in [1.165, 1.54) is 26.2 Å². The number of aryl methyl sites for hydroxylation is 1. The molecule has 2 aromatic rings. The second-order valence-electron chi connectivity index (χ2n) is 17.7. The Bertz CT molecular complexity index is 2360. The molecule has 4 heterocycles. The molecule has 0 radical (unpaired) electrons. The van der Waals surface area contributed by atoms with Gasteiger partial charge in [-0.25, -0.2) is 18.2 Å². The smallest absolute Gasteiger partial charge is 0.437 e. The van der Waals surface area contributed by atoms with Crippen LogP contribution in [0.2, 0.25) is 5.02 Å². The van der Waals surface area contributed by atoms with Crippen molar-refractivity contribution in [2.45, 2.75) is 137 Å². The number of pyridine rings is 1. The minimum atomic E-state index is -5.19. The summed E-state index contributed by atoms with van der Waals surface area (Å²) < 4.78 is 127. The lowest BCUT2D eigenvalue weighted by Gasteiger charge is -2.43. The van der Waals surface area contributed by atoms with Crippen LogP contribution >= 0.6 is 11.6 Å². The van der Waals surface area contributed by atoms with Crippen LogP contribution in [0.5, 0.6) is 11.5 Å². The van der Waals surface area contributed by atoms with Crippen LogP contribution in [-0.2, 0) is 37.0 Å². The van der Waals surface area contributed by atoms with Crippen LogP contribution in [-0.4, -0.2) is 105 Å². The van der Waals surface area contributed by atoms with E-state index in [0.29, 0.717) is 33.1 Å². The number of benzene rings is 1. The third kappa shape index (κ3) is 7.89. The molecule has 1 saturated heterocycles. The Labute approximate surface area is 357 Å². The quantitative estimate of drug-likeness (QED) is 0.209. The lowest BCUT2D eigenvalue weighted by molar-refractivity contribution is -0.220. The first-order chi connectivity index (χ1) is 28.7. The molecule has 3 N–H and O–H groups in total. The zero-order valence-corrected chi connectivity index (χ0v) is 35.7. The van der Waals surface area contributed by atoms with Gasteiger partial charge < -0.3 is 24.8 Å². The highest BCUT2D eigenvalue weighted by atomic mass is 35.5. The van der Waals surface area contributed by atoms with Gasteiger partial charge in [0, 0.05) is 29.4 Å². The molecule has 0 unspecified atom stereocenters. The number of ether oxygens (including phenoxy) is 2. The Balaban J connectivity index is 1.34. The Morgan fingerprint density at radius 1 is 1.08 bits per heavy atom. The molecule has 22 heteroatoms. The molecule has 7 rings (SSSR count). The van der Waals surface area contributed by atoms with Crippen molar-refractivity contribution in [3.63, 3.8) is 0 Å². The first-order valence-corrected chi connectivity index (χ1v) is 22.0. The second kappa shape index (κ2) is 15.3. The molecule has 2 aliphatic carbocycles. The number of alkyl halides is 6. The summed E-state index contributed by atoms with van der Waals surface area (Å²) in [5.41, 5.74) is -8.50. The summed E-state index contributed by atoms with van der Waals surface area (Å²) in [6, 6.07) is -1.10. The van der Waals surface area contributed by atoms with Crippen LogP contribution in [0.25, 0.3) is 10.9 Å². The number of carbonyl (C=O) groups is 4. The van der Waals surface area contributed by atoms with Crippen molar-refractivity contribution in [1.29, 1.82) is 0 Å². The van der Waals surface area contributed by atoms with E-state index in [2.05, 4.69) is 15.0 Å². The second-order valence-corrected chi connectivity index (χ2v) is 20.3. The van der Waals surface area contributed by atoms with Crippen LogP contribution < -0.4 is 19.5 Å². The maximum atomic E-state index is 14.9. The molecule has 2 saturated carbocycles. The fraction of sp³-hybridized carbons (Fsp3) is 0.625. The van der Waals surface area contributed by atoms with Crippen molar-refractivity contribution in [1.82, 2.24) is 24.8 Å². The molecule has 1 spiro atoms. The van der Waals surface area contributed by atoms with E-state index in [0.717, 1.165) is 4.90 Å². The minimum absolute atomic E-state index is 0.00552. The van der Waals surface area contributed by atoms with E-state index >= 15 is 0 Å². The fourth-order valence-corrected chi connectivity index (χ4v) is 10.4. The van der Waals surface area contributed by atoms with Gasteiger partial charge >= 0.3 is 18.4 Å². The summed E-state index contributed by atoms with van der Waals surface area (Å²) in [7, 11) is -2.90. The first kappa shape index (κ1) is 45.5. The number of carbonyl (C=O) groups excluding carboxylic acids is 3. The lowest BCUT2D eigenvalue weighted by Crippen LogP contribution is -2.65. The van der Waals surface area contributed by atoms with Gasteiger partial charge in [-0.2, -0.15) is 26.3 Å². The number of nitrogens with one attached hydrogen (secondary N) is 2. The molecule has 3 fully saturated rings. The van der Waals surface area contributed by atoms with Crippen molar-refractivity contribution < 1.29 is 68.5 Å². The number of amides is 4. The molecule has 3 aliphatic heterocycles. The number of nitrogens with zero attached hydrogens (tertiary/aromatic N) is 3. The summed E-state index contributed by atoms with van der Waals surface area (Å²) in [5, 5.41) is 13.0.